The Morgan fingerprint density at radius 3 is 2.63 bits per heavy atom. The van der Waals surface area contributed by atoms with Crippen LogP contribution in [0, 0.1) is 6.92 Å². The first-order valence-corrected chi connectivity index (χ1v) is 9.43. The van der Waals surface area contributed by atoms with Crippen LogP contribution in [0.1, 0.15) is 26.8 Å². The average molecular weight is 383 g/mol. The number of ether oxygens (including phenoxy) is 2. The number of carbonyl (C=O) groups is 1. The third-order valence-electron chi connectivity index (χ3n) is 3.86. The molecule has 0 bridgehead atoms. The minimum atomic E-state index is -0.108. The van der Waals surface area contributed by atoms with E-state index in [1.807, 2.05) is 24.4 Å². The first kappa shape index (κ1) is 18.8. The summed E-state index contributed by atoms with van der Waals surface area (Å²) < 4.78 is 10.8. The summed E-state index contributed by atoms with van der Waals surface area (Å²) in [6, 6.07) is 10.8. The molecule has 0 aliphatic rings. The number of aromatic nitrogens is 2. The molecule has 0 aliphatic carbocycles. The van der Waals surface area contributed by atoms with Crippen molar-refractivity contribution in [3.63, 3.8) is 0 Å². The van der Waals surface area contributed by atoms with Crippen molar-refractivity contribution >= 4 is 17.2 Å². The molecule has 3 rings (SSSR count). The summed E-state index contributed by atoms with van der Waals surface area (Å²) >= 11 is 1.55. The van der Waals surface area contributed by atoms with Crippen LogP contribution < -0.4 is 14.8 Å². The van der Waals surface area contributed by atoms with Gasteiger partial charge in [0.05, 0.1) is 19.0 Å². The third-order valence-corrected chi connectivity index (χ3v) is 4.74. The summed E-state index contributed by atoms with van der Waals surface area (Å²) in [6.45, 7) is 2.87. The van der Waals surface area contributed by atoms with Crippen molar-refractivity contribution in [2.75, 3.05) is 13.7 Å². The van der Waals surface area contributed by atoms with E-state index in [2.05, 4.69) is 15.3 Å². The molecule has 1 amide bonds. The Morgan fingerprint density at radius 2 is 1.93 bits per heavy atom. The number of benzene rings is 1. The highest BCUT2D eigenvalue weighted by atomic mass is 32.1. The van der Waals surface area contributed by atoms with Gasteiger partial charge in [0.1, 0.15) is 23.1 Å². The van der Waals surface area contributed by atoms with E-state index < -0.39 is 0 Å². The maximum absolute atomic E-state index is 12.1. The highest BCUT2D eigenvalue weighted by Crippen LogP contribution is 2.15. The Labute approximate surface area is 162 Å². The van der Waals surface area contributed by atoms with Gasteiger partial charge < -0.3 is 14.8 Å². The average Bonchev–Trinajstić information content (AvgIpc) is 3.15. The van der Waals surface area contributed by atoms with Crippen LogP contribution in [0.5, 0.6) is 11.5 Å². The zero-order valence-corrected chi connectivity index (χ0v) is 16.1. The maximum Gasteiger partial charge on any atom is 0.251 e. The zero-order chi connectivity index (χ0) is 19.1. The predicted molar refractivity (Wildman–Crippen MR) is 104 cm³/mol. The Balaban J connectivity index is 1.43. The van der Waals surface area contributed by atoms with E-state index in [4.69, 9.17) is 9.47 Å². The summed E-state index contributed by atoms with van der Waals surface area (Å²) in [5.74, 6) is 1.35. The lowest BCUT2D eigenvalue weighted by atomic mass is 10.2. The van der Waals surface area contributed by atoms with Crippen LogP contribution in [0.15, 0.2) is 48.0 Å². The number of rotatable bonds is 8. The number of thiazole rings is 1. The highest BCUT2D eigenvalue weighted by Gasteiger charge is 2.07. The number of nitrogens with one attached hydrogen (secondary N) is 1. The minimum Gasteiger partial charge on any atom is -0.497 e. The molecule has 6 nitrogen and oxygen atoms in total. The van der Waals surface area contributed by atoms with E-state index in [0.29, 0.717) is 25.1 Å². The van der Waals surface area contributed by atoms with E-state index in [1.165, 1.54) is 0 Å². The Morgan fingerprint density at radius 1 is 1.15 bits per heavy atom. The van der Waals surface area contributed by atoms with Crippen molar-refractivity contribution in [1.29, 1.82) is 0 Å². The number of methoxy groups -OCH3 is 1. The molecule has 0 aliphatic heterocycles. The van der Waals surface area contributed by atoms with Crippen LogP contribution in [-0.2, 0) is 13.0 Å². The maximum atomic E-state index is 12.1. The second kappa shape index (κ2) is 9.14. The van der Waals surface area contributed by atoms with E-state index in [9.17, 15) is 4.79 Å². The molecule has 0 unspecified atom stereocenters. The van der Waals surface area contributed by atoms with Crippen molar-refractivity contribution in [2.45, 2.75) is 20.0 Å². The number of aryl methyl sites for hydroxylation is 1. The molecule has 0 spiro atoms. The lowest BCUT2D eigenvalue weighted by Gasteiger charge is -2.05. The van der Waals surface area contributed by atoms with Crippen LogP contribution in [0.25, 0.3) is 0 Å². The van der Waals surface area contributed by atoms with Gasteiger partial charge in [-0.2, -0.15) is 0 Å². The van der Waals surface area contributed by atoms with Gasteiger partial charge in [-0.3, -0.25) is 9.78 Å². The lowest BCUT2D eigenvalue weighted by Crippen LogP contribution is -2.25. The van der Waals surface area contributed by atoms with Crippen molar-refractivity contribution < 1.29 is 14.3 Å². The van der Waals surface area contributed by atoms with Crippen molar-refractivity contribution in [3.8, 4) is 11.5 Å². The SMILES string of the molecule is COc1ccc(C(=O)NCCc2csc(COc3ccc(C)nc3)n2)cc1. The van der Waals surface area contributed by atoms with Crippen LogP contribution in [0.2, 0.25) is 0 Å². The molecule has 140 valence electrons. The summed E-state index contributed by atoms with van der Waals surface area (Å²) in [4.78, 5) is 20.9. The molecule has 0 saturated heterocycles. The molecule has 7 heteroatoms. The second-order valence-electron chi connectivity index (χ2n) is 5.89. The van der Waals surface area contributed by atoms with Gasteiger partial charge in [-0.15, -0.1) is 11.3 Å². The fourth-order valence-corrected chi connectivity index (χ4v) is 3.10. The number of pyridine rings is 1. The van der Waals surface area contributed by atoms with Crippen LogP contribution in [0.4, 0.5) is 0 Å². The van der Waals surface area contributed by atoms with E-state index in [-0.39, 0.29) is 5.91 Å². The fourth-order valence-electron chi connectivity index (χ4n) is 2.36. The predicted octanol–water partition coefficient (Wildman–Crippen LogP) is 3.41. The normalized spacial score (nSPS) is 10.4. The largest absolute Gasteiger partial charge is 0.497 e. The van der Waals surface area contributed by atoms with Crippen LogP contribution in [0.3, 0.4) is 0 Å². The molecule has 0 atom stereocenters. The standard InChI is InChI=1S/C20H21N3O3S/c1-14-3-6-18(11-22-14)26-12-19-23-16(13-27-19)9-10-21-20(24)15-4-7-17(25-2)8-5-15/h3-8,11,13H,9-10,12H2,1-2H3,(H,21,24). The van der Waals surface area contributed by atoms with Crippen LogP contribution >= 0.6 is 11.3 Å². The number of carbonyl (C=O) groups excluding carboxylic acids is 1. The molecule has 3 aromatic rings. The molecule has 0 fully saturated rings. The molecular formula is C20H21N3O3S. The first-order chi connectivity index (χ1) is 13.1. The van der Waals surface area contributed by atoms with Gasteiger partial charge in [-0.05, 0) is 43.3 Å². The summed E-state index contributed by atoms with van der Waals surface area (Å²) in [6.07, 6.45) is 2.38. The zero-order valence-electron chi connectivity index (χ0n) is 15.3. The van der Waals surface area contributed by atoms with Crippen LogP contribution in [-0.4, -0.2) is 29.5 Å². The molecule has 2 aromatic heterocycles. The summed E-state index contributed by atoms with van der Waals surface area (Å²) in [5, 5.41) is 5.79. The van der Waals surface area contributed by atoms with Crippen molar-refractivity contribution in [3.05, 3.63) is 69.9 Å². The van der Waals surface area contributed by atoms with Gasteiger partial charge in [0.15, 0.2) is 0 Å². The second-order valence-corrected chi connectivity index (χ2v) is 6.83. The molecule has 0 saturated carbocycles. The topological polar surface area (TPSA) is 73.3 Å². The quantitative estimate of drug-likeness (QED) is 0.645. The molecular weight excluding hydrogens is 362 g/mol. The van der Waals surface area contributed by atoms with Gasteiger partial charge in [-0.1, -0.05) is 0 Å². The first-order valence-electron chi connectivity index (χ1n) is 8.55. The number of nitrogens with zero attached hydrogens (tertiary/aromatic N) is 2. The molecule has 0 radical (unpaired) electrons. The smallest absolute Gasteiger partial charge is 0.251 e. The van der Waals surface area contributed by atoms with E-state index >= 15 is 0 Å². The molecule has 27 heavy (non-hydrogen) atoms. The Hall–Kier alpha value is -2.93. The van der Waals surface area contributed by atoms with Gasteiger partial charge in [-0.25, -0.2) is 4.98 Å². The lowest BCUT2D eigenvalue weighted by molar-refractivity contribution is 0.0954. The van der Waals surface area contributed by atoms with Gasteiger partial charge in [0.2, 0.25) is 0 Å². The molecule has 1 aromatic carbocycles. The summed E-state index contributed by atoms with van der Waals surface area (Å²) in [7, 11) is 1.60. The number of hydrogen-bond acceptors (Lipinski definition) is 6. The van der Waals surface area contributed by atoms with Crippen molar-refractivity contribution in [2.24, 2.45) is 0 Å². The monoisotopic (exact) mass is 383 g/mol. The fraction of sp³-hybridized carbons (Fsp3) is 0.250. The van der Waals surface area contributed by atoms with Crippen molar-refractivity contribution in [1.82, 2.24) is 15.3 Å². The Kier molecular flexibility index (Phi) is 6.38. The molecule has 2 heterocycles. The van der Waals surface area contributed by atoms with Gasteiger partial charge >= 0.3 is 0 Å². The minimum absolute atomic E-state index is 0.108. The number of hydrogen-bond donors (Lipinski definition) is 1. The molecule has 1 N–H and O–H groups in total. The number of amides is 1. The Bertz CT molecular complexity index is 876. The summed E-state index contributed by atoms with van der Waals surface area (Å²) in [5.41, 5.74) is 2.50. The van der Waals surface area contributed by atoms with Gasteiger partial charge in [0, 0.05) is 29.6 Å². The third kappa shape index (κ3) is 5.52. The van der Waals surface area contributed by atoms with Gasteiger partial charge in [0.25, 0.3) is 5.91 Å². The highest BCUT2D eigenvalue weighted by molar-refractivity contribution is 7.09. The van der Waals surface area contributed by atoms with E-state index in [1.54, 1.807) is 48.9 Å². The van der Waals surface area contributed by atoms with E-state index in [0.717, 1.165) is 27.9 Å².